The largest absolute Gasteiger partial charge is 0.371 e. The summed E-state index contributed by atoms with van der Waals surface area (Å²) in [7, 11) is 0. The van der Waals surface area contributed by atoms with E-state index >= 15 is 0 Å². The topological polar surface area (TPSA) is 69.7 Å². The van der Waals surface area contributed by atoms with Gasteiger partial charge in [0.05, 0.1) is 17.2 Å². The number of aromatic amines is 1. The van der Waals surface area contributed by atoms with Crippen molar-refractivity contribution in [3.8, 4) is 0 Å². The number of nitrogens with zero attached hydrogens (tertiary/aromatic N) is 4. The molecule has 3 heterocycles. The predicted molar refractivity (Wildman–Crippen MR) is 105 cm³/mol. The van der Waals surface area contributed by atoms with Crippen molar-refractivity contribution in [3.63, 3.8) is 0 Å². The van der Waals surface area contributed by atoms with E-state index in [0.29, 0.717) is 5.95 Å². The average Bonchev–Trinajstić information content (AvgIpc) is 3.34. The van der Waals surface area contributed by atoms with Crippen LogP contribution in [0.2, 0.25) is 0 Å². The molecule has 0 bridgehead atoms. The Morgan fingerprint density at radius 1 is 1.04 bits per heavy atom. The number of aryl methyl sites for hydroxylation is 1. The fourth-order valence-electron chi connectivity index (χ4n) is 3.73. The lowest BCUT2D eigenvalue weighted by Gasteiger charge is -2.21. The minimum atomic E-state index is 0.609. The molecule has 0 amide bonds. The molecule has 1 aliphatic rings. The normalized spacial score (nSPS) is 14.4. The number of aromatic nitrogens is 4. The Labute approximate surface area is 151 Å². The highest BCUT2D eigenvalue weighted by Crippen LogP contribution is 2.30. The second-order valence-electron chi connectivity index (χ2n) is 6.83. The van der Waals surface area contributed by atoms with E-state index in [4.69, 9.17) is 4.98 Å². The van der Waals surface area contributed by atoms with Crippen LogP contribution in [0.1, 0.15) is 18.4 Å². The standard InChI is InChI=1S/C20H20N6/c1-13-18(26-8-2-3-9-26)7-5-15-11-21-20(24-19(13)15)23-16-6-4-14-12-22-25-17(14)10-16/h4-7,10-12H,2-3,8-9H2,1H3,(H,22,25)(H,21,23,24). The maximum absolute atomic E-state index is 4.80. The van der Waals surface area contributed by atoms with Gasteiger partial charge in [0, 0.05) is 41.4 Å². The molecule has 1 aliphatic heterocycles. The van der Waals surface area contributed by atoms with Crippen LogP contribution in [0.5, 0.6) is 0 Å². The predicted octanol–water partition coefficient (Wildman–Crippen LogP) is 4.16. The molecule has 6 nitrogen and oxygen atoms in total. The van der Waals surface area contributed by atoms with Crippen LogP contribution in [-0.4, -0.2) is 33.3 Å². The fourth-order valence-corrected chi connectivity index (χ4v) is 3.73. The van der Waals surface area contributed by atoms with Gasteiger partial charge in [-0.1, -0.05) is 0 Å². The number of benzene rings is 2. The zero-order valence-corrected chi connectivity index (χ0v) is 14.7. The van der Waals surface area contributed by atoms with Crippen molar-refractivity contribution in [2.24, 2.45) is 0 Å². The van der Waals surface area contributed by atoms with Gasteiger partial charge in [0.15, 0.2) is 0 Å². The number of fused-ring (bicyclic) bond motifs is 2. The van der Waals surface area contributed by atoms with Gasteiger partial charge in [0.25, 0.3) is 0 Å². The van der Waals surface area contributed by atoms with Gasteiger partial charge >= 0.3 is 0 Å². The van der Waals surface area contributed by atoms with Gasteiger partial charge in [-0.25, -0.2) is 9.97 Å². The Hall–Kier alpha value is -3.15. The first-order chi connectivity index (χ1) is 12.8. The van der Waals surface area contributed by atoms with Crippen molar-refractivity contribution in [1.82, 2.24) is 20.2 Å². The van der Waals surface area contributed by atoms with Crippen molar-refractivity contribution in [1.29, 1.82) is 0 Å². The highest BCUT2D eigenvalue weighted by Gasteiger charge is 2.16. The van der Waals surface area contributed by atoms with Crippen molar-refractivity contribution < 1.29 is 0 Å². The lowest BCUT2D eigenvalue weighted by molar-refractivity contribution is 0.949. The summed E-state index contributed by atoms with van der Waals surface area (Å²) in [6, 6.07) is 10.4. The zero-order chi connectivity index (χ0) is 17.5. The van der Waals surface area contributed by atoms with E-state index in [0.717, 1.165) is 40.6 Å². The summed E-state index contributed by atoms with van der Waals surface area (Å²) in [6.07, 6.45) is 6.24. The van der Waals surface area contributed by atoms with Crippen molar-refractivity contribution in [3.05, 3.63) is 48.3 Å². The molecule has 6 heteroatoms. The van der Waals surface area contributed by atoms with E-state index in [2.05, 4.69) is 44.5 Å². The third-order valence-corrected chi connectivity index (χ3v) is 5.12. The van der Waals surface area contributed by atoms with Crippen LogP contribution < -0.4 is 10.2 Å². The van der Waals surface area contributed by atoms with Crippen LogP contribution in [-0.2, 0) is 0 Å². The van der Waals surface area contributed by atoms with Gasteiger partial charge in [0.2, 0.25) is 5.95 Å². The summed E-state index contributed by atoms with van der Waals surface area (Å²) < 4.78 is 0. The maximum Gasteiger partial charge on any atom is 0.227 e. The molecule has 0 spiro atoms. The SMILES string of the molecule is Cc1c(N2CCCC2)ccc2cnc(Nc3ccc4cn[nH]c4c3)nc12. The molecule has 1 fully saturated rings. The van der Waals surface area contributed by atoms with Crippen LogP contribution in [0, 0.1) is 6.92 Å². The van der Waals surface area contributed by atoms with E-state index in [1.54, 1.807) is 0 Å². The van der Waals surface area contributed by atoms with Crippen molar-refractivity contribution in [2.45, 2.75) is 19.8 Å². The molecule has 4 aromatic rings. The first kappa shape index (κ1) is 15.1. The smallest absolute Gasteiger partial charge is 0.227 e. The van der Waals surface area contributed by atoms with Crippen LogP contribution in [0.25, 0.3) is 21.8 Å². The summed E-state index contributed by atoms with van der Waals surface area (Å²) in [6.45, 7) is 4.42. The Kier molecular flexibility index (Phi) is 3.48. The van der Waals surface area contributed by atoms with Gasteiger partial charge in [-0.3, -0.25) is 5.10 Å². The summed E-state index contributed by atoms with van der Waals surface area (Å²) in [4.78, 5) is 11.7. The summed E-state index contributed by atoms with van der Waals surface area (Å²) in [5.74, 6) is 0.609. The van der Waals surface area contributed by atoms with Crippen LogP contribution in [0.3, 0.4) is 0 Å². The van der Waals surface area contributed by atoms with Crippen LogP contribution in [0.4, 0.5) is 17.3 Å². The molecular weight excluding hydrogens is 324 g/mol. The third-order valence-electron chi connectivity index (χ3n) is 5.12. The van der Waals surface area contributed by atoms with Gasteiger partial charge in [0.1, 0.15) is 0 Å². The molecule has 0 radical (unpaired) electrons. The highest BCUT2D eigenvalue weighted by atomic mass is 15.1. The van der Waals surface area contributed by atoms with Crippen molar-refractivity contribution >= 4 is 39.1 Å². The van der Waals surface area contributed by atoms with Gasteiger partial charge < -0.3 is 10.2 Å². The van der Waals surface area contributed by atoms with Crippen LogP contribution >= 0.6 is 0 Å². The quantitative estimate of drug-likeness (QED) is 0.584. The van der Waals surface area contributed by atoms with Crippen molar-refractivity contribution in [2.75, 3.05) is 23.3 Å². The molecule has 2 N–H and O–H groups in total. The molecule has 2 aromatic carbocycles. The minimum Gasteiger partial charge on any atom is -0.371 e. The molecule has 0 atom stereocenters. The zero-order valence-electron chi connectivity index (χ0n) is 14.7. The molecule has 0 aliphatic carbocycles. The molecule has 1 saturated heterocycles. The van der Waals surface area contributed by atoms with Crippen LogP contribution in [0.15, 0.2) is 42.7 Å². The second-order valence-corrected chi connectivity index (χ2v) is 6.83. The summed E-state index contributed by atoms with van der Waals surface area (Å²) >= 11 is 0. The minimum absolute atomic E-state index is 0.609. The van der Waals surface area contributed by atoms with E-state index in [1.165, 1.54) is 24.1 Å². The molecule has 2 aromatic heterocycles. The number of H-pyrrole nitrogens is 1. The molecular formula is C20H20N6. The monoisotopic (exact) mass is 344 g/mol. The Balaban J connectivity index is 1.52. The molecule has 0 saturated carbocycles. The lowest BCUT2D eigenvalue weighted by Crippen LogP contribution is -2.18. The molecule has 0 unspecified atom stereocenters. The van der Waals surface area contributed by atoms with E-state index in [1.807, 2.05) is 30.6 Å². The van der Waals surface area contributed by atoms with Gasteiger partial charge in [-0.05, 0) is 55.7 Å². The summed E-state index contributed by atoms with van der Waals surface area (Å²) in [5.41, 5.74) is 5.45. The average molecular weight is 344 g/mol. The number of rotatable bonds is 3. The highest BCUT2D eigenvalue weighted by molar-refractivity contribution is 5.87. The van der Waals surface area contributed by atoms with Gasteiger partial charge in [-0.15, -0.1) is 0 Å². The second kappa shape index (κ2) is 5.98. The van der Waals surface area contributed by atoms with Gasteiger partial charge in [-0.2, -0.15) is 5.10 Å². The molecule has 26 heavy (non-hydrogen) atoms. The third kappa shape index (κ3) is 2.54. The Morgan fingerprint density at radius 3 is 2.77 bits per heavy atom. The Morgan fingerprint density at radius 2 is 1.88 bits per heavy atom. The lowest BCUT2D eigenvalue weighted by atomic mass is 10.1. The van der Waals surface area contributed by atoms with E-state index < -0.39 is 0 Å². The fraction of sp³-hybridized carbons (Fsp3) is 0.250. The van der Waals surface area contributed by atoms with E-state index in [-0.39, 0.29) is 0 Å². The molecule has 5 rings (SSSR count). The first-order valence-electron chi connectivity index (χ1n) is 8.99. The maximum atomic E-state index is 4.80. The number of hydrogen-bond donors (Lipinski definition) is 2. The first-order valence-corrected chi connectivity index (χ1v) is 8.99. The number of nitrogens with one attached hydrogen (secondary N) is 2. The Bertz CT molecular complexity index is 1090. The molecule has 130 valence electrons. The van der Waals surface area contributed by atoms with E-state index in [9.17, 15) is 0 Å². The summed E-state index contributed by atoms with van der Waals surface area (Å²) in [5, 5.41) is 12.5. The number of anilines is 3. The number of hydrogen-bond acceptors (Lipinski definition) is 5.